The summed E-state index contributed by atoms with van der Waals surface area (Å²) >= 11 is 0. The molecule has 0 aliphatic heterocycles. The molecule has 0 bridgehead atoms. The molecule has 0 amide bonds. The summed E-state index contributed by atoms with van der Waals surface area (Å²) in [5.74, 6) is 0. The summed E-state index contributed by atoms with van der Waals surface area (Å²) in [5, 5.41) is 12.4. The Kier molecular flexibility index (Phi) is 3.11. The molecule has 2 aromatic rings. The van der Waals surface area contributed by atoms with Crippen molar-refractivity contribution in [1.29, 1.82) is 5.26 Å². The van der Waals surface area contributed by atoms with Crippen LogP contribution >= 0.6 is 0 Å². The number of benzene rings is 2. The molecule has 17 heavy (non-hydrogen) atoms. The van der Waals surface area contributed by atoms with Crippen molar-refractivity contribution in [2.45, 2.75) is 13.8 Å². The highest BCUT2D eigenvalue weighted by molar-refractivity contribution is 5.67. The zero-order valence-electron chi connectivity index (χ0n) is 9.99. The van der Waals surface area contributed by atoms with Crippen LogP contribution < -0.4 is 5.32 Å². The van der Waals surface area contributed by atoms with Crippen molar-refractivity contribution in [2.24, 2.45) is 0 Å². The van der Waals surface area contributed by atoms with Gasteiger partial charge in [-0.3, -0.25) is 0 Å². The molecule has 84 valence electrons. The predicted molar refractivity (Wildman–Crippen MR) is 70.4 cm³/mol. The first-order chi connectivity index (χ1) is 8.19. The van der Waals surface area contributed by atoms with Gasteiger partial charge in [-0.05, 0) is 49.2 Å². The lowest BCUT2D eigenvalue weighted by Crippen LogP contribution is -1.94. The molecular weight excluding hydrogens is 208 g/mol. The van der Waals surface area contributed by atoms with Gasteiger partial charge in [-0.25, -0.2) is 0 Å². The first-order valence-corrected chi connectivity index (χ1v) is 5.53. The van der Waals surface area contributed by atoms with Crippen molar-refractivity contribution >= 4 is 11.4 Å². The van der Waals surface area contributed by atoms with Gasteiger partial charge < -0.3 is 5.32 Å². The van der Waals surface area contributed by atoms with Gasteiger partial charge in [0.05, 0.1) is 11.3 Å². The van der Waals surface area contributed by atoms with E-state index in [-0.39, 0.29) is 0 Å². The van der Waals surface area contributed by atoms with Gasteiger partial charge in [0.25, 0.3) is 0 Å². The van der Waals surface area contributed by atoms with Crippen molar-refractivity contribution in [3.8, 4) is 6.07 Å². The van der Waals surface area contributed by atoms with E-state index in [1.807, 2.05) is 50.2 Å². The van der Waals surface area contributed by atoms with Crippen molar-refractivity contribution in [3.63, 3.8) is 0 Å². The number of nitriles is 1. The quantitative estimate of drug-likeness (QED) is 0.836. The Balaban J connectivity index is 2.34. The number of aryl methyl sites for hydroxylation is 2. The molecule has 0 spiro atoms. The smallest absolute Gasteiger partial charge is 0.101 e. The molecule has 0 atom stereocenters. The zero-order valence-corrected chi connectivity index (χ0v) is 9.99. The van der Waals surface area contributed by atoms with E-state index >= 15 is 0 Å². The second-order valence-corrected chi connectivity index (χ2v) is 4.16. The van der Waals surface area contributed by atoms with Crippen LogP contribution in [-0.2, 0) is 0 Å². The lowest BCUT2D eigenvalue weighted by atomic mass is 10.1. The van der Waals surface area contributed by atoms with Crippen LogP contribution in [0.5, 0.6) is 0 Å². The van der Waals surface area contributed by atoms with Crippen molar-refractivity contribution in [3.05, 3.63) is 59.2 Å². The predicted octanol–water partition coefficient (Wildman–Crippen LogP) is 3.92. The van der Waals surface area contributed by atoms with Gasteiger partial charge in [0.15, 0.2) is 0 Å². The molecule has 0 aromatic heterocycles. The summed E-state index contributed by atoms with van der Waals surface area (Å²) in [6.07, 6.45) is 0. The minimum atomic E-state index is 0.673. The van der Waals surface area contributed by atoms with Gasteiger partial charge in [0.1, 0.15) is 6.07 Å². The van der Waals surface area contributed by atoms with Gasteiger partial charge in [-0.15, -0.1) is 0 Å². The van der Waals surface area contributed by atoms with Gasteiger partial charge in [-0.2, -0.15) is 5.26 Å². The maximum atomic E-state index is 9.09. The molecule has 2 nitrogen and oxygen atoms in total. The van der Waals surface area contributed by atoms with Crippen LogP contribution in [-0.4, -0.2) is 0 Å². The Morgan fingerprint density at radius 1 is 1.00 bits per heavy atom. The molecule has 0 radical (unpaired) electrons. The second-order valence-electron chi connectivity index (χ2n) is 4.16. The van der Waals surface area contributed by atoms with Gasteiger partial charge in [0, 0.05) is 5.69 Å². The standard InChI is InChI=1S/C15H14N2/c1-11-4-3-5-14(9-11)17-15-7-6-12(2)8-13(15)10-16/h3-9,17H,1-2H3. The van der Waals surface area contributed by atoms with Crippen LogP contribution in [0.15, 0.2) is 42.5 Å². The lowest BCUT2D eigenvalue weighted by molar-refractivity contribution is 1.39. The summed E-state index contributed by atoms with van der Waals surface area (Å²) < 4.78 is 0. The third kappa shape index (κ3) is 2.64. The molecule has 2 aromatic carbocycles. The topological polar surface area (TPSA) is 35.8 Å². The van der Waals surface area contributed by atoms with Gasteiger partial charge in [0.2, 0.25) is 0 Å². The van der Waals surface area contributed by atoms with Crippen LogP contribution in [0.1, 0.15) is 16.7 Å². The Morgan fingerprint density at radius 3 is 2.47 bits per heavy atom. The van der Waals surface area contributed by atoms with E-state index in [1.54, 1.807) is 0 Å². The third-order valence-corrected chi connectivity index (χ3v) is 2.59. The summed E-state index contributed by atoms with van der Waals surface area (Å²) in [7, 11) is 0. The summed E-state index contributed by atoms with van der Waals surface area (Å²) in [5.41, 5.74) is 4.82. The molecule has 0 aliphatic carbocycles. The van der Waals surface area contributed by atoms with Crippen LogP contribution in [0.2, 0.25) is 0 Å². The highest BCUT2D eigenvalue weighted by Crippen LogP contribution is 2.22. The van der Waals surface area contributed by atoms with E-state index in [1.165, 1.54) is 5.56 Å². The first-order valence-electron chi connectivity index (χ1n) is 5.53. The average Bonchev–Trinajstić information content (AvgIpc) is 2.31. The molecule has 0 heterocycles. The highest BCUT2D eigenvalue weighted by Gasteiger charge is 2.02. The number of hydrogen-bond donors (Lipinski definition) is 1. The molecule has 0 saturated heterocycles. The molecule has 1 N–H and O–H groups in total. The molecule has 0 saturated carbocycles. The Bertz CT molecular complexity index is 580. The fraction of sp³-hybridized carbons (Fsp3) is 0.133. The maximum absolute atomic E-state index is 9.09. The Hall–Kier alpha value is -2.27. The molecular formula is C15H14N2. The van der Waals surface area contributed by atoms with Crippen molar-refractivity contribution in [2.75, 3.05) is 5.32 Å². The van der Waals surface area contributed by atoms with Crippen LogP contribution in [0.4, 0.5) is 11.4 Å². The SMILES string of the molecule is Cc1cccc(Nc2ccc(C)cc2C#N)c1. The number of rotatable bonds is 2. The number of anilines is 2. The summed E-state index contributed by atoms with van der Waals surface area (Å²) in [6, 6.07) is 16.1. The summed E-state index contributed by atoms with van der Waals surface area (Å²) in [6.45, 7) is 4.03. The van der Waals surface area contributed by atoms with Crippen LogP contribution in [0, 0.1) is 25.2 Å². The molecule has 0 unspecified atom stereocenters. The largest absolute Gasteiger partial charge is 0.354 e. The minimum Gasteiger partial charge on any atom is -0.354 e. The van der Waals surface area contributed by atoms with Crippen LogP contribution in [0.3, 0.4) is 0 Å². The molecule has 2 heteroatoms. The lowest BCUT2D eigenvalue weighted by Gasteiger charge is -2.09. The van der Waals surface area contributed by atoms with E-state index in [0.717, 1.165) is 16.9 Å². The average molecular weight is 222 g/mol. The molecule has 0 aliphatic rings. The normalized spacial score (nSPS) is 9.71. The minimum absolute atomic E-state index is 0.673. The van der Waals surface area contributed by atoms with E-state index in [0.29, 0.717) is 5.56 Å². The summed E-state index contributed by atoms with van der Waals surface area (Å²) in [4.78, 5) is 0. The highest BCUT2D eigenvalue weighted by atomic mass is 14.9. The third-order valence-electron chi connectivity index (χ3n) is 2.59. The first kappa shape index (κ1) is 11.2. The fourth-order valence-corrected chi connectivity index (χ4v) is 1.74. The Labute approximate surface area is 102 Å². The number of hydrogen-bond acceptors (Lipinski definition) is 2. The van der Waals surface area contributed by atoms with E-state index in [4.69, 9.17) is 5.26 Å². The van der Waals surface area contributed by atoms with E-state index in [2.05, 4.69) is 17.5 Å². The van der Waals surface area contributed by atoms with Gasteiger partial charge >= 0.3 is 0 Å². The maximum Gasteiger partial charge on any atom is 0.101 e. The Morgan fingerprint density at radius 2 is 1.76 bits per heavy atom. The second kappa shape index (κ2) is 4.71. The van der Waals surface area contributed by atoms with Crippen LogP contribution in [0.25, 0.3) is 0 Å². The molecule has 2 rings (SSSR count). The monoisotopic (exact) mass is 222 g/mol. The molecule has 0 fully saturated rings. The fourth-order valence-electron chi connectivity index (χ4n) is 1.74. The van der Waals surface area contributed by atoms with Crippen molar-refractivity contribution < 1.29 is 0 Å². The number of nitrogens with one attached hydrogen (secondary N) is 1. The van der Waals surface area contributed by atoms with Crippen molar-refractivity contribution in [1.82, 2.24) is 0 Å². The number of nitrogens with zero attached hydrogens (tertiary/aromatic N) is 1. The zero-order chi connectivity index (χ0) is 12.3. The van der Waals surface area contributed by atoms with E-state index < -0.39 is 0 Å². The van der Waals surface area contributed by atoms with E-state index in [9.17, 15) is 0 Å². The van der Waals surface area contributed by atoms with Gasteiger partial charge in [-0.1, -0.05) is 18.2 Å².